The lowest BCUT2D eigenvalue weighted by molar-refractivity contribution is 0.192. The molecule has 0 saturated carbocycles. The fourth-order valence-electron chi connectivity index (χ4n) is 2.34. The van der Waals surface area contributed by atoms with Gasteiger partial charge >= 0.3 is 0 Å². The Bertz CT molecular complexity index is 458. The van der Waals surface area contributed by atoms with Crippen molar-refractivity contribution in [3.05, 3.63) is 35.9 Å². The molecule has 22 heavy (non-hydrogen) atoms. The summed E-state index contributed by atoms with van der Waals surface area (Å²) in [4.78, 5) is 0. The van der Waals surface area contributed by atoms with Crippen LogP contribution >= 0.6 is 12.4 Å². The van der Waals surface area contributed by atoms with Gasteiger partial charge < -0.3 is 5.32 Å². The summed E-state index contributed by atoms with van der Waals surface area (Å²) in [6.07, 6.45) is 4.44. The Morgan fingerprint density at radius 2 is 1.68 bits per heavy atom. The number of halogens is 1. The van der Waals surface area contributed by atoms with Gasteiger partial charge in [0.25, 0.3) is 0 Å². The van der Waals surface area contributed by atoms with Gasteiger partial charge in [-0.1, -0.05) is 36.8 Å². The van der Waals surface area contributed by atoms with Crippen molar-refractivity contribution in [2.45, 2.75) is 25.7 Å². The molecular weight excluding hydrogens is 300 g/mol. The first-order valence-corrected chi connectivity index (χ1v) is 7.47. The van der Waals surface area contributed by atoms with Crippen molar-refractivity contribution in [2.24, 2.45) is 0 Å². The van der Waals surface area contributed by atoms with Crippen molar-refractivity contribution in [3.63, 3.8) is 0 Å². The summed E-state index contributed by atoms with van der Waals surface area (Å²) in [5.74, 6) is 0.301. The standard InChI is InChI=1S/C15H24N6.ClH/c16-14(18-10-9-13-7-3-1-4-8-13)19-15(17)20-21-11-5-2-6-12-21;/h1,3-4,7-8H,2,5-6,9-12H2,(H5,16,17,18,19,20);1H. The van der Waals surface area contributed by atoms with Crippen molar-refractivity contribution >= 4 is 24.3 Å². The van der Waals surface area contributed by atoms with Crippen LogP contribution in [0.3, 0.4) is 0 Å². The Morgan fingerprint density at radius 3 is 2.36 bits per heavy atom. The molecule has 1 aromatic carbocycles. The topological polar surface area (TPSA) is 87.0 Å². The maximum Gasteiger partial charge on any atom is 0.210 e. The van der Waals surface area contributed by atoms with Crippen LogP contribution in [0, 0.1) is 10.8 Å². The van der Waals surface area contributed by atoms with Gasteiger partial charge in [-0.15, -0.1) is 12.4 Å². The van der Waals surface area contributed by atoms with Gasteiger partial charge in [0.1, 0.15) is 0 Å². The van der Waals surface area contributed by atoms with E-state index in [9.17, 15) is 0 Å². The molecule has 1 fully saturated rings. The summed E-state index contributed by atoms with van der Waals surface area (Å²) in [5, 5.41) is 23.3. The van der Waals surface area contributed by atoms with Crippen LogP contribution in [0.2, 0.25) is 0 Å². The molecule has 0 unspecified atom stereocenters. The molecule has 0 spiro atoms. The summed E-state index contributed by atoms with van der Waals surface area (Å²) >= 11 is 0. The van der Waals surface area contributed by atoms with E-state index in [-0.39, 0.29) is 24.3 Å². The normalized spacial score (nSPS) is 14.5. The highest BCUT2D eigenvalue weighted by molar-refractivity contribution is 5.95. The van der Waals surface area contributed by atoms with Gasteiger partial charge in [-0.25, -0.2) is 5.01 Å². The monoisotopic (exact) mass is 324 g/mol. The summed E-state index contributed by atoms with van der Waals surface area (Å²) in [6.45, 7) is 2.59. The van der Waals surface area contributed by atoms with Crippen LogP contribution < -0.4 is 16.1 Å². The summed E-state index contributed by atoms with van der Waals surface area (Å²) in [5.41, 5.74) is 4.22. The number of nitrogens with zero attached hydrogens (tertiary/aromatic N) is 1. The highest BCUT2D eigenvalue weighted by atomic mass is 35.5. The summed E-state index contributed by atoms with van der Waals surface area (Å²) in [6, 6.07) is 10.2. The number of hydrazine groups is 1. The number of hydrogen-bond acceptors (Lipinski definition) is 3. The zero-order valence-corrected chi connectivity index (χ0v) is 13.5. The zero-order chi connectivity index (χ0) is 14.9. The van der Waals surface area contributed by atoms with E-state index in [4.69, 9.17) is 10.8 Å². The average Bonchev–Trinajstić information content (AvgIpc) is 2.49. The summed E-state index contributed by atoms with van der Waals surface area (Å²) in [7, 11) is 0. The van der Waals surface area contributed by atoms with Gasteiger partial charge in [-0.3, -0.25) is 21.6 Å². The lowest BCUT2D eigenvalue weighted by Gasteiger charge is -2.28. The minimum Gasteiger partial charge on any atom is -0.356 e. The number of piperidine rings is 1. The molecule has 7 heteroatoms. The van der Waals surface area contributed by atoms with Crippen molar-refractivity contribution in [2.75, 3.05) is 19.6 Å². The van der Waals surface area contributed by atoms with E-state index in [0.717, 1.165) is 32.4 Å². The van der Waals surface area contributed by atoms with Gasteiger partial charge in [0, 0.05) is 19.6 Å². The molecule has 0 aliphatic carbocycles. The largest absolute Gasteiger partial charge is 0.356 e. The van der Waals surface area contributed by atoms with E-state index >= 15 is 0 Å². The lowest BCUT2D eigenvalue weighted by atomic mass is 10.1. The molecule has 0 amide bonds. The smallest absolute Gasteiger partial charge is 0.210 e. The Hall–Kier alpha value is -1.79. The Labute approximate surface area is 138 Å². The third-order valence-corrected chi connectivity index (χ3v) is 3.43. The van der Waals surface area contributed by atoms with Crippen molar-refractivity contribution in [1.29, 1.82) is 10.8 Å². The fourth-order valence-corrected chi connectivity index (χ4v) is 2.34. The highest BCUT2D eigenvalue weighted by Gasteiger charge is 2.11. The number of hydrogen-bond donors (Lipinski definition) is 5. The predicted octanol–water partition coefficient (Wildman–Crippen LogP) is 1.69. The third-order valence-electron chi connectivity index (χ3n) is 3.43. The van der Waals surface area contributed by atoms with Gasteiger partial charge in [0.15, 0.2) is 5.96 Å². The average molecular weight is 325 g/mol. The van der Waals surface area contributed by atoms with Gasteiger partial charge in [-0.05, 0) is 24.8 Å². The van der Waals surface area contributed by atoms with E-state index in [1.807, 2.05) is 23.2 Å². The van der Waals surface area contributed by atoms with Crippen molar-refractivity contribution in [1.82, 2.24) is 21.1 Å². The van der Waals surface area contributed by atoms with Crippen LogP contribution in [0.5, 0.6) is 0 Å². The molecule has 6 nitrogen and oxygen atoms in total. The number of guanidine groups is 2. The van der Waals surface area contributed by atoms with E-state index in [1.165, 1.54) is 12.0 Å². The predicted molar refractivity (Wildman–Crippen MR) is 92.5 cm³/mol. The Kier molecular flexibility index (Phi) is 8.32. The first kappa shape index (κ1) is 18.3. The van der Waals surface area contributed by atoms with E-state index in [2.05, 4.69) is 28.2 Å². The fraction of sp³-hybridized carbons (Fsp3) is 0.467. The number of nitrogens with one attached hydrogen (secondary N) is 5. The molecule has 2 rings (SSSR count). The molecule has 0 radical (unpaired) electrons. The molecule has 0 bridgehead atoms. The minimum atomic E-state index is 0. The second kappa shape index (κ2) is 10.0. The highest BCUT2D eigenvalue weighted by Crippen LogP contribution is 2.05. The van der Waals surface area contributed by atoms with Crippen molar-refractivity contribution in [3.8, 4) is 0 Å². The minimum absolute atomic E-state index is 0. The molecular formula is C15H25ClN6. The van der Waals surface area contributed by atoms with Gasteiger partial charge in [-0.2, -0.15) is 0 Å². The SMILES string of the molecule is Cl.N=C(NCCc1ccccc1)NC(=N)NN1CCCCC1. The molecule has 1 saturated heterocycles. The molecule has 0 atom stereocenters. The maximum atomic E-state index is 7.81. The summed E-state index contributed by atoms with van der Waals surface area (Å²) < 4.78 is 0. The van der Waals surface area contributed by atoms with Crippen LogP contribution in [-0.4, -0.2) is 36.6 Å². The molecule has 0 aromatic heterocycles. The number of rotatable bonds is 4. The first-order valence-electron chi connectivity index (χ1n) is 7.47. The number of benzene rings is 1. The van der Waals surface area contributed by atoms with Crippen LogP contribution in [0.4, 0.5) is 0 Å². The van der Waals surface area contributed by atoms with Crippen LogP contribution in [0.25, 0.3) is 0 Å². The molecule has 1 aromatic rings. The van der Waals surface area contributed by atoms with E-state index in [0.29, 0.717) is 6.54 Å². The second-order valence-corrected chi connectivity index (χ2v) is 5.20. The molecule has 1 heterocycles. The van der Waals surface area contributed by atoms with Gasteiger partial charge in [0.2, 0.25) is 5.96 Å². The van der Waals surface area contributed by atoms with Gasteiger partial charge in [0.05, 0.1) is 0 Å². The van der Waals surface area contributed by atoms with Crippen LogP contribution in [0.15, 0.2) is 30.3 Å². The van der Waals surface area contributed by atoms with Crippen LogP contribution in [-0.2, 0) is 6.42 Å². The molecule has 122 valence electrons. The molecule has 5 N–H and O–H groups in total. The zero-order valence-electron chi connectivity index (χ0n) is 12.7. The van der Waals surface area contributed by atoms with E-state index in [1.54, 1.807) is 0 Å². The quantitative estimate of drug-likeness (QED) is 0.431. The Morgan fingerprint density at radius 1 is 1.00 bits per heavy atom. The van der Waals surface area contributed by atoms with Crippen molar-refractivity contribution < 1.29 is 0 Å². The molecule has 1 aliphatic rings. The first-order chi connectivity index (χ1) is 10.2. The van der Waals surface area contributed by atoms with Crippen LogP contribution in [0.1, 0.15) is 24.8 Å². The van der Waals surface area contributed by atoms with E-state index < -0.39 is 0 Å². The third kappa shape index (κ3) is 6.78. The maximum absolute atomic E-state index is 7.81. The Balaban J connectivity index is 0.00000242. The second-order valence-electron chi connectivity index (χ2n) is 5.20. The lowest BCUT2D eigenvalue weighted by Crippen LogP contribution is -2.53. The molecule has 1 aliphatic heterocycles.